The average Bonchev–Trinajstić information content (AvgIpc) is 2.83. The number of urea groups is 1. The van der Waals surface area contributed by atoms with Crippen LogP contribution in [0.25, 0.3) is 0 Å². The molecule has 1 unspecified atom stereocenters. The molecule has 0 aromatic rings. The first-order chi connectivity index (χ1) is 9.49. The van der Waals surface area contributed by atoms with Gasteiger partial charge >= 0.3 is 12.0 Å². The number of piperazine rings is 1. The highest BCUT2D eigenvalue weighted by molar-refractivity contribution is 5.86. The van der Waals surface area contributed by atoms with Crippen LogP contribution >= 0.6 is 0 Å². The Kier molecular flexibility index (Phi) is 4.49. The summed E-state index contributed by atoms with van der Waals surface area (Å²) in [5.74, 6) is -0.928. The predicted octanol–water partition coefficient (Wildman–Crippen LogP) is -0.345. The van der Waals surface area contributed by atoms with Crippen LogP contribution in [0.4, 0.5) is 4.79 Å². The minimum atomic E-state index is -1.07. The molecule has 114 valence electrons. The lowest BCUT2D eigenvalue weighted by molar-refractivity contribution is -0.147. The van der Waals surface area contributed by atoms with Gasteiger partial charge in [-0.25, -0.2) is 9.59 Å². The molecule has 0 spiro atoms. The smallest absolute Gasteiger partial charge is 0.329 e. The summed E-state index contributed by atoms with van der Waals surface area (Å²) in [6.45, 7) is 5.51. The van der Waals surface area contributed by atoms with Crippen molar-refractivity contribution in [2.24, 2.45) is 0 Å². The van der Waals surface area contributed by atoms with E-state index in [1.54, 1.807) is 11.8 Å². The molecule has 0 saturated carbocycles. The molecule has 2 saturated heterocycles. The van der Waals surface area contributed by atoms with E-state index in [1.807, 2.05) is 0 Å². The Morgan fingerprint density at radius 3 is 2.35 bits per heavy atom. The Morgan fingerprint density at radius 1 is 1.15 bits per heavy atom. The van der Waals surface area contributed by atoms with Crippen molar-refractivity contribution in [3.63, 3.8) is 0 Å². The Hall–Kier alpha value is -1.34. The van der Waals surface area contributed by atoms with E-state index < -0.39 is 11.5 Å². The SMILES string of the molecule is CC1(C(=O)O)CCCN1C(=O)N1CCN(CCO)CC1. The Bertz CT molecular complexity index is 382. The third-order valence-corrected chi connectivity index (χ3v) is 4.39. The molecule has 2 amide bonds. The van der Waals surface area contributed by atoms with Crippen LogP contribution in [0.15, 0.2) is 0 Å². The third kappa shape index (κ3) is 2.73. The monoisotopic (exact) mass is 285 g/mol. The molecule has 7 nitrogen and oxygen atoms in total. The van der Waals surface area contributed by atoms with Gasteiger partial charge in [0.25, 0.3) is 0 Å². The normalized spacial score (nSPS) is 27.9. The van der Waals surface area contributed by atoms with E-state index in [0.717, 1.165) is 19.5 Å². The lowest BCUT2D eigenvalue weighted by Gasteiger charge is -2.39. The number of carbonyl (C=O) groups is 2. The zero-order valence-electron chi connectivity index (χ0n) is 11.9. The maximum atomic E-state index is 12.5. The summed E-state index contributed by atoms with van der Waals surface area (Å²) in [5.41, 5.74) is -1.07. The van der Waals surface area contributed by atoms with Gasteiger partial charge in [0.1, 0.15) is 5.54 Å². The molecule has 2 aliphatic rings. The highest BCUT2D eigenvalue weighted by Gasteiger charge is 2.47. The fourth-order valence-corrected chi connectivity index (χ4v) is 2.97. The zero-order valence-corrected chi connectivity index (χ0v) is 11.9. The lowest BCUT2D eigenvalue weighted by Crippen LogP contribution is -2.58. The van der Waals surface area contributed by atoms with Crippen molar-refractivity contribution in [3.8, 4) is 0 Å². The molecule has 0 radical (unpaired) electrons. The second-order valence-corrected chi connectivity index (χ2v) is 5.67. The summed E-state index contributed by atoms with van der Waals surface area (Å²) in [6, 6.07) is -0.170. The largest absolute Gasteiger partial charge is 0.480 e. The highest BCUT2D eigenvalue weighted by Crippen LogP contribution is 2.30. The first-order valence-electron chi connectivity index (χ1n) is 7.12. The number of aliphatic carboxylic acids is 1. The maximum Gasteiger partial charge on any atom is 0.329 e. The van der Waals surface area contributed by atoms with Crippen molar-refractivity contribution in [1.82, 2.24) is 14.7 Å². The van der Waals surface area contributed by atoms with Gasteiger partial charge in [-0.05, 0) is 19.8 Å². The molecule has 0 bridgehead atoms. The van der Waals surface area contributed by atoms with Gasteiger partial charge in [-0.15, -0.1) is 0 Å². The number of rotatable bonds is 3. The van der Waals surface area contributed by atoms with E-state index in [1.165, 1.54) is 4.90 Å². The Labute approximate surface area is 118 Å². The van der Waals surface area contributed by atoms with Gasteiger partial charge in [0, 0.05) is 39.3 Å². The number of carboxylic acids is 1. The average molecular weight is 285 g/mol. The van der Waals surface area contributed by atoms with Gasteiger partial charge in [-0.2, -0.15) is 0 Å². The molecule has 0 aromatic carbocycles. The zero-order chi connectivity index (χ0) is 14.8. The standard InChI is InChI=1S/C13H23N3O4/c1-13(11(18)19)3-2-4-16(13)12(20)15-7-5-14(6-8-15)9-10-17/h17H,2-10H2,1H3,(H,18,19). The van der Waals surface area contributed by atoms with Crippen molar-refractivity contribution < 1.29 is 19.8 Å². The molecule has 0 aliphatic carbocycles. The molecule has 2 fully saturated rings. The van der Waals surface area contributed by atoms with Gasteiger partial charge in [0.15, 0.2) is 0 Å². The fourth-order valence-electron chi connectivity index (χ4n) is 2.97. The quantitative estimate of drug-likeness (QED) is 0.741. The van der Waals surface area contributed by atoms with E-state index in [4.69, 9.17) is 5.11 Å². The van der Waals surface area contributed by atoms with Crippen LogP contribution in [-0.2, 0) is 4.79 Å². The molecule has 20 heavy (non-hydrogen) atoms. The molecule has 0 aromatic heterocycles. The summed E-state index contributed by atoms with van der Waals surface area (Å²) < 4.78 is 0. The third-order valence-electron chi connectivity index (χ3n) is 4.39. The summed E-state index contributed by atoms with van der Waals surface area (Å²) in [4.78, 5) is 29.2. The first kappa shape index (κ1) is 15.1. The number of carboxylic acid groups (broad SMARTS) is 1. The molecular weight excluding hydrogens is 262 g/mol. The van der Waals surface area contributed by atoms with E-state index in [-0.39, 0.29) is 12.6 Å². The van der Waals surface area contributed by atoms with Crippen LogP contribution in [0.1, 0.15) is 19.8 Å². The molecule has 2 rings (SSSR count). The lowest BCUT2D eigenvalue weighted by atomic mass is 10.00. The molecule has 1 atom stereocenters. The number of amides is 2. The van der Waals surface area contributed by atoms with Gasteiger partial charge in [0.2, 0.25) is 0 Å². The first-order valence-corrected chi connectivity index (χ1v) is 7.12. The van der Waals surface area contributed by atoms with E-state index in [0.29, 0.717) is 32.6 Å². The molecule has 2 heterocycles. The maximum absolute atomic E-state index is 12.5. The summed E-state index contributed by atoms with van der Waals surface area (Å²) in [7, 11) is 0. The van der Waals surface area contributed by atoms with E-state index in [2.05, 4.69) is 4.90 Å². The van der Waals surface area contributed by atoms with Gasteiger partial charge in [-0.3, -0.25) is 4.90 Å². The number of carbonyl (C=O) groups excluding carboxylic acids is 1. The van der Waals surface area contributed by atoms with Gasteiger partial charge < -0.3 is 20.0 Å². The molecule has 2 N–H and O–H groups in total. The molecular formula is C13H23N3O4. The van der Waals surface area contributed by atoms with Crippen molar-refractivity contribution in [1.29, 1.82) is 0 Å². The van der Waals surface area contributed by atoms with Crippen molar-refractivity contribution >= 4 is 12.0 Å². The number of likely N-dealkylation sites (tertiary alicyclic amines) is 1. The van der Waals surface area contributed by atoms with E-state index in [9.17, 15) is 14.7 Å². The van der Waals surface area contributed by atoms with Gasteiger partial charge in [-0.1, -0.05) is 0 Å². The number of nitrogens with zero attached hydrogens (tertiary/aromatic N) is 3. The van der Waals surface area contributed by atoms with E-state index >= 15 is 0 Å². The van der Waals surface area contributed by atoms with Gasteiger partial charge in [0.05, 0.1) is 6.61 Å². The van der Waals surface area contributed by atoms with Crippen LogP contribution in [0.3, 0.4) is 0 Å². The summed E-state index contributed by atoms with van der Waals surface area (Å²) in [6.07, 6.45) is 1.25. The number of hydrogen-bond donors (Lipinski definition) is 2. The van der Waals surface area contributed by atoms with Crippen LogP contribution in [0.2, 0.25) is 0 Å². The Morgan fingerprint density at radius 2 is 1.80 bits per heavy atom. The number of aliphatic hydroxyl groups excluding tert-OH is 1. The van der Waals surface area contributed by atoms with Crippen LogP contribution < -0.4 is 0 Å². The summed E-state index contributed by atoms with van der Waals surface area (Å²) >= 11 is 0. The number of hydrogen-bond acceptors (Lipinski definition) is 4. The molecule has 7 heteroatoms. The van der Waals surface area contributed by atoms with Crippen molar-refractivity contribution in [3.05, 3.63) is 0 Å². The van der Waals surface area contributed by atoms with Crippen molar-refractivity contribution in [2.45, 2.75) is 25.3 Å². The highest BCUT2D eigenvalue weighted by atomic mass is 16.4. The van der Waals surface area contributed by atoms with Crippen LogP contribution in [-0.4, -0.2) is 88.3 Å². The van der Waals surface area contributed by atoms with Crippen LogP contribution in [0.5, 0.6) is 0 Å². The minimum Gasteiger partial charge on any atom is -0.480 e. The summed E-state index contributed by atoms with van der Waals surface area (Å²) in [5, 5.41) is 18.3. The second kappa shape index (κ2) is 5.97. The fraction of sp³-hybridized carbons (Fsp3) is 0.846. The van der Waals surface area contributed by atoms with Crippen LogP contribution in [0, 0.1) is 0 Å². The van der Waals surface area contributed by atoms with Crippen molar-refractivity contribution in [2.75, 3.05) is 45.9 Å². The number of aliphatic hydroxyl groups is 1. The topological polar surface area (TPSA) is 84.3 Å². The second-order valence-electron chi connectivity index (χ2n) is 5.67. The molecule has 2 aliphatic heterocycles. The Balaban J connectivity index is 1.97. The predicted molar refractivity (Wildman–Crippen MR) is 72.5 cm³/mol. The minimum absolute atomic E-state index is 0.122. The number of β-amino-alcohol motifs (C(OH)–C–C–N with tert-alkyl or cyclic N) is 1.